The number of ether oxygens (including phenoxy) is 2. The molecule has 0 aliphatic rings. The summed E-state index contributed by atoms with van der Waals surface area (Å²) in [7, 11) is 3.18. The lowest BCUT2D eigenvalue weighted by atomic mass is 9.99. The van der Waals surface area contributed by atoms with Crippen molar-refractivity contribution in [2.24, 2.45) is 0 Å². The zero-order chi connectivity index (χ0) is 14.7. The van der Waals surface area contributed by atoms with Crippen molar-refractivity contribution in [2.75, 3.05) is 14.2 Å². The first-order valence-corrected chi connectivity index (χ1v) is 7.02. The number of hydrogen-bond donors (Lipinski definition) is 1. The van der Waals surface area contributed by atoms with Crippen molar-refractivity contribution in [1.29, 1.82) is 0 Å². The zero-order valence-electron chi connectivity index (χ0n) is 11.7. The smallest absolute Gasteiger partial charge is 0.133 e. The topological polar surface area (TPSA) is 38.7 Å². The van der Waals surface area contributed by atoms with Crippen LogP contribution in [0, 0.1) is 6.92 Å². The number of halogens is 1. The molecule has 20 heavy (non-hydrogen) atoms. The Morgan fingerprint density at radius 2 is 1.75 bits per heavy atom. The number of rotatable bonds is 4. The zero-order valence-corrected chi connectivity index (χ0v) is 13.3. The average molecular weight is 337 g/mol. The Labute approximate surface area is 127 Å². The molecule has 1 N–H and O–H groups in total. The molecule has 3 nitrogen and oxygen atoms in total. The van der Waals surface area contributed by atoms with Crippen molar-refractivity contribution in [3.63, 3.8) is 0 Å². The second-order valence-corrected chi connectivity index (χ2v) is 5.40. The van der Waals surface area contributed by atoms with Gasteiger partial charge < -0.3 is 14.6 Å². The first kappa shape index (κ1) is 14.9. The maximum absolute atomic E-state index is 10.6. The van der Waals surface area contributed by atoms with Gasteiger partial charge in [0.15, 0.2) is 0 Å². The fourth-order valence-electron chi connectivity index (χ4n) is 2.12. The van der Waals surface area contributed by atoms with Crippen LogP contribution in [0.25, 0.3) is 0 Å². The van der Waals surface area contributed by atoms with E-state index in [2.05, 4.69) is 15.9 Å². The minimum absolute atomic E-state index is 0.617. The molecular formula is C16H17BrO3. The summed E-state index contributed by atoms with van der Waals surface area (Å²) < 4.78 is 11.4. The number of aliphatic hydroxyl groups excluding tert-OH is 1. The van der Waals surface area contributed by atoms with Crippen molar-refractivity contribution in [3.05, 3.63) is 57.6 Å². The summed E-state index contributed by atoms with van der Waals surface area (Å²) in [5, 5.41) is 10.6. The van der Waals surface area contributed by atoms with E-state index in [1.54, 1.807) is 26.4 Å². The maximum atomic E-state index is 10.6. The van der Waals surface area contributed by atoms with Gasteiger partial charge in [-0.1, -0.05) is 29.8 Å². The van der Waals surface area contributed by atoms with Crippen molar-refractivity contribution in [1.82, 2.24) is 0 Å². The van der Waals surface area contributed by atoms with Gasteiger partial charge >= 0.3 is 0 Å². The third-order valence-electron chi connectivity index (χ3n) is 3.16. The van der Waals surface area contributed by atoms with Gasteiger partial charge in [-0.3, -0.25) is 0 Å². The summed E-state index contributed by atoms with van der Waals surface area (Å²) in [6.07, 6.45) is -0.758. The van der Waals surface area contributed by atoms with E-state index in [1.807, 2.05) is 31.2 Å². The standard InChI is InChI=1S/C16H17BrO3/c1-10-5-4-6-11(7-10)16(18)12-8-15(20-3)13(17)9-14(12)19-2/h4-9,16,18H,1-3H3. The van der Waals surface area contributed by atoms with Gasteiger partial charge in [0.1, 0.15) is 17.6 Å². The summed E-state index contributed by atoms with van der Waals surface area (Å²) >= 11 is 3.41. The minimum Gasteiger partial charge on any atom is -0.496 e. The summed E-state index contributed by atoms with van der Waals surface area (Å²) in [5.74, 6) is 1.28. The van der Waals surface area contributed by atoms with Crippen LogP contribution in [-0.2, 0) is 0 Å². The lowest BCUT2D eigenvalue weighted by Crippen LogP contribution is -2.03. The molecule has 2 aromatic carbocycles. The fraction of sp³-hybridized carbons (Fsp3) is 0.250. The molecule has 2 rings (SSSR count). The molecular weight excluding hydrogens is 320 g/mol. The predicted octanol–water partition coefficient (Wildman–Crippen LogP) is 3.86. The lowest BCUT2D eigenvalue weighted by Gasteiger charge is -2.17. The number of aryl methyl sites for hydroxylation is 1. The quantitative estimate of drug-likeness (QED) is 0.921. The number of methoxy groups -OCH3 is 2. The van der Waals surface area contributed by atoms with E-state index in [9.17, 15) is 5.11 Å². The molecule has 0 aliphatic carbocycles. The minimum atomic E-state index is -0.758. The van der Waals surface area contributed by atoms with E-state index < -0.39 is 6.10 Å². The largest absolute Gasteiger partial charge is 0.496 e. The van der Waals surface area contributed by atoms with Crippen molar-refractivity contribution >= 4 is 15.9 Å². The summed E-state index contributed by atoms with van der Waals surface area (Å²) in [4.78, 5) is 0. The number of aliphatic hydroxyl groups is 1. The van der Waals surface area contributed by atoms with E-state index in [-0.39, 0.29) is 0 Å². The molecule has 0 amide bonds. The molecule has 106 valence electrons. The fourth-order valence-corrected chi connectivity index (χ4v) is 2.60. The third-order valence-corrected chi connectivity index (χ3v) is 3.78. The summed E-state index contributed by atoms with van der Waals surface area (Å²) in [6, 6.07) is 11.4. The van der Waals surface area contributed by atoms with E-state index >= 15 is 0 Å². The van der Waals surface area contributed by atoms with E-state index in [4.69, 9.17) is 9.47 Å². The highest BCUT2D eigenvalue weighted by atomic mass is 79.9. The molecule has 0 aliphatic heterocycles. The van der Waals surface area contributed by atoms with Gasteiger partial charge in [0.25, 0.3) is 0 Å². The first-order valence-electron chi connectivity index (χ1n) is 6.23. The molecule has 0 bridgehead atoms. The molecule has 0 radical (unpaired) electrons. The highest BCUT2D eigenvalue weighted by molar-refractivity contribution is 9.10. The molecule has 0 saturated carbocycles. The lowest BCUT2D eigenvalue weighted by molar-refractivity contribution is 0.214. The third kappa shape index (κ3) is 2.97. The van der Waals surface area contributed by atoms with Crippen LogP contribution >= 0.6 is 15.9 Å². The van der Waals surface area contributed by atoms with Crippen LogP contribution in [0.4, 0.5) is 0 Å². The Balaban J connectivity index is 2.50. The van der Waals surface area contributed by atoms with Crippen molar-refractivity contribution in [2.45, 2.75) is 13.0 Å². The Bertz CT molecular complexity index is 611. The SMILES string of the molecule is COc1cc(C(O)c2cccc(C)c2)c(OC)cc1Br. The van der Waals surface area contributed by atoms with Gasteiger partial charge in [-0.2, -0.15) is 0 Å². The van der Waals surface area contributed by atoms with Crippen LogP contribution in [-0.4, -0.2) is 19.3 Å². The van der Waals surface area contributed by atoms with Crippen LogP contribution in [0.1, 0.15) is 22.8 Å². The second-order valence-electron chi connectivity index (χ2n) is 4.55. The Kier molecular flexibility index (Phi) is 4.68. The van der Waals surface area contributed by atoms with Gasteiger partial charge in [0.05, 0.1) is 18.7 Å². The molecule has 0 spiro atoms. The number of hydrogen-bond acceptors (Lipinski definition) is 3. The Hall–Kier alpha value is -1.52. The second kappa shape index (κ2) is 6.29. The maximum Gasteiger partial charge on any atom is 0.133 e. The van der Waals surface area contributed by atoms with Crippen molar-refractivity contribution < 1.29 is 14.6 Å². The Morgan fingerprint density at radius 1 is 1.05 bits per heavy atom. The van der Waals surface area contributed by atoms with E-state index in [0.29, 0.717) is 17.1 Å². The van der Waals surface area contributed by atoms with Gasteiger partial charge in [0, 0.05) is 5.56 Å². The highest BCUT2D eigenvalue weighted by Gasteiger charge is 2.18. The predicted molar refractivity (Wildman–Crippen MR) is 82.5 cm³/mol. The van der Waals surface area contributed by atoms with Gasteiger partial charge in [-0.05, 0) is 40.5 Å². The highest BCUT2D eigenvalue weighted by Crippen LogP contribution is 2.38. The molecule has 0 saturated heterocycles. The molecule has 1 unspecified atom stereocenters. The van der Waals surface area contributed by atoms with Crippen LogP contribution in [0.15, 0.2) is 40.9 Å². The summed E-state index contributed by atoms with van der Waals surface area (Å²) in [5.41, 5.74) is 2.61. The normalized spacial score (nSPS) is 12.1. The van der Waals surface area contributed by atoms with Gasteiger partial charge in [0.2, 0.25) is 0 Å². The van der Waals surface area contributed by atoms with E-state index in [0.717, 1.165) is 15.6 Å². The molecule has 1 atom stereocenters. The van der Waals surface area contributed by atoms with Crippen LogP contribution < -0.4 is 9.47 Å². The molecule has 0 aromatic heterocycles. The summed E-state index contributed by atoms with van der Waals surface area (Å²) in [6.45, 7) is 2.00. The monoisotopic (exact) mass is 336 g/mol. The first-order chi connectivity index (χ1) is 9.56. The number of benzene rings is 2. The molecule has 0 fully saturated rings. The van der Waals surface area contributed by atoms with Crippen molar-refractivity contribution in [3.8, 4) is 11.5 Å². The van der Waals surface area contributed by atoms with Gasteiger partial charge in [-0.15, -0.1) is 0 Å². The van der Waals surface area contributed by atoms with Crippen LogP contribution in [0.2, 0.25) is 0 Å². The van der Waals surface area contributed by atoms with E-state index in [1.165, 1.54) is 0 Å². The van der Waals surface area contributed by atoms with Crippen LogP contribution in [0.3, 0.4) is 0 Å². The van der Waals surface area contributed by atoms with Gasteiger partial charge in [-0.25, -0.2) is 0 Å². The molecule has 4 heteroatoms. The molecule has 0 heterocycles. The average Bonchev–Trinajstić information content (AvgIpc) is 2.46. The molecule has 2 aromatic rings. The van der Waals surface area contributed by atoms with Crippen LogP contribution in [0.5, 0.6) is 11.5 Å². The Morgan fingerprint density at radius 3 is 2.35 bits per heavy atom.